The maximum atomic E-state index is 13.9. The van der Waals surface area contributed by atoms with Crippen LogP contribution < -0.4 is 0 Å². The summed E-state index contributed by atoms with van der Waals surface area (Å²) < 4.78 is 28.9. The number of benzene rings is 1. The second-order valence-corrected chi connectivity index (χ2v) is 7.55. The van der Waals surface area contributed by atoms with Gasteiger partial charge in [0.25, 0.3) is 0 Å². The lowest BCUT2D eigenvalue weighted by Gasteiger charge is -2.35. The van der Waals surface area contributed by atoms with Crippen molar-refractivity contribution in [3.63, 3.8) is 0 Å². The molecule has 1 aromatic heterocycles. The summed E-state index contributed by atoms with van der Waals surface area (Å²) in [5.74, 6) is -0.135. The van der Waals surface area contributed by atoms with E-state index in [4.69, 9.17) is 0 Å². The van der Waals surface area contributed by atoms with Gasteiger partial charge in [-0.25, -0.2) is 8.78 Å². The fraction of sp³-hybridized carbons (Fsp3) is 0.526. The fourth-order valence-corrected chi connectivity index (χ4v) is 4.42. The highest BCUT2D eigenvalue weighted by Gasteiger charge is 2.42. The summed E-state index contributed by atoms with van der Waals surface area (Å²) in [6, 6.07) is 3.79. The molecule has 2 aliphatic rings. The third-order valence-electron chi connectivity index (χ3n) is 5.66. The minimum absolute atomic E-state index is 0.0115. The molecule has 4 atom stereocenters. The van der Waals surface area contributed by atoms with Crippen LogP contribution in [0.3, 0.4) is 0 Å². The number of likely N-dealkylation sites (tertiary alicyclic amines) is 1. The van der Waals surface area contributed by atoms with Crippen molar-refractivity contribution < 1.29 is 13.9 Å². The van der Waals surface area contributed by atoms with E-state index in [-0.39, 0.29) is 6.04 Å². The van der Waals surface area contributed by atoms with E-state index in [2.05, 4.69) is 10.00 Å². The van der Waals surface area contributed by atoms with Gasteiger partial charge in [-0.3, -0.25) is 9.58 Å². The third kappa shape index (κ3) is 3.33. The zero-order valence-electron chi connectivity index (χ0n) is 14.3. The topological polar surface area (TPSA) is 41.3 Å². The average molecular weight is 347 g/mol. The van der Waals surface area contributed by atoms with E-state index >= 15 is 0 Å². The van der Waals surface area contributed by atoms with Gasteiger partial charge in [0, 0.05) is 37.5 Å². The van der Waals surface area contributed by atoms with Crippen molar-refractivity contribution in [3.05, 3.63) is 53.4 Å². The molecule has 1 aromatic carbocycles. The van der Waals surface area contributed by atoms with Crippen molar-refractivity contribution in [3.8, 4) is 0 Å². The summed E-state index contributed by atoms with van der Waals surface area (Å²) in [6.45, 7) is 4.21. The maximum Gasteiger partial charge on any atom is 0.130 e. The number of rotatable bonds is 3. The molecule has 4 nitrogen and oxygen atoms in total. The van der Waals surface area contributed by atoms with Crippen molar-refractivity contribution in [1.29, 1.82) is 0 Å². The highest BCUT2D eigenvalue weighted by Crippen LogP contribution is 2.41. The number of fused-ring (bicyclic) bond motifs is 1. The van der Waals surface area contributed by atoms with Crippen molar-refractivity contribution >= 4 is 0 Å². The number of hydrogen-bond acceptors (Lipinski definition) is 3. The van der Waals surface area contributed by atoms with E-state index in [0.29, 0.717) is 23.9 Å². The van der Waals surface area contributed by atoms with E-state index < -0.39 is 17.7 Å². The molecule has 0 bridgehead atoms. The van der Waals surface area contributed by atoms with E-state index in [1.54, 1.807) is 0 Å². The molecule has 1 aliphatic heterocycles. The first kappa shape index (κ1) is 16.7. The molecule has 0 unspecified atom stereocenters. The Kier molecular flexibility index (Phi) is 4.33. The number of nitrogens with zero attached hydrogens (tertiary/aromatic N) is 3. The number of aryl methyl sites for hydroxylation is 1. The highest BCUT2D eigenvalue weighted by molar-refractivity contribution is 5.18. The van der Waals surface area contributed by atoms with Crippen LogP contribution in [0.1, 0.15) is 30.0 Å². The molecule has 2 heterocycles. The maximum absolute atomic E-state index is 13.9. The zero-order chi connectivity index (χ0) is 17.6. The first-order valence-electron chi connectivity index (χ1n) is 8.84. The zero-order valence-corrected chi connectivity index (χ0v) is 14.3. The van der Waals surface area contributed by atoms with Gasteiger partial charge >= 0.3 is 0 Å². The number of halogens is 2. The van der Waals surface area contributed by atoms with Gasteiger partial charge in [-0.2, -0.15) is 5.10 Å². The van der Waals surface area contributed by atoms with E-state index in [9.17, 15) is 13.9 Å². The van der Waals surface area contributed by atoms with Crippen LogP contribution in [0, 0.1) is 30.4 Å². The normalized spacial score (nSPS) is 29.8. The number of aliphatic hydroxyl groups is 1. The Bertz CT molecular complexity index is 763. The van der Waals surface area contributed by atoms with Gasteiger partial charge in [-0.15, -0.1) is 0 Å². The Morgan fingerprint density at radius 2 is 1.96 bits per heavy atom. The third-order valence-corrected chi connectivity index (χ3v) is 5.66. The minimum Gasteiger partial charge on any atom is -0.391 e. The molecule has 1 N–H and O–H groups in total. The summed E-state index contributed by atoms with van der Waals surface area (Å²) in [6.07, 6.45) is 5.03. The van der Waals surface area contributed by atoms with Crippen LogP contribution in [0.15, 0.2) is 30.6 Å². The highest BCUT2D eigenvalue weighted by atomic mass is 19.1. The summed E-state index contributed by atoms with van der Waals surface area (Å²) >= 11 is 0. The van der Waals surface area contributed by atoms with Crippen LogP contribution in [-0.4, -0.2) is 39.0 Å². The largest absolute Gasteiger partial charge is 0.391 e. The second kappa shape index (κ2) is 6.50. The lowest BCUT2D eigenvalue weighted by Crippen LogP contribution is -2.36. The Morgan fingerprint density at radius 1 is 1.20 bits per heavy atom. The Hall–Kier alpha value is -1.79. The van der Waals surface area contributed by atoms with E-state index in [1.807, 2.05) is 24.0 Å². The standard InChI is InChI=1S/C19H23F2N3O/c1-12-7-22-24(8-12)18-4-14-10-23(11-15(14)5-19(18)25)9-13-2-3-16(20)6-17(13)21/h2-3,6-8,14-15,18-19,25H,4-5,9-11H2,1H3/t14-,15+,18-,19-/m0/s1. The Labute approximate surface area is 146 Å². The second-order valence-electron chi connectivity index (χ2n) is 7.55. The van der Waals surface area contributed by atoms with Gasteiger partial charge in [-0.1, -0.05) is 6.07 Å². The van der Waals surface area contributed by atoms with Crippen LogP contribution in [-0.2, 0) is 6.54 Å². The van der Waals surface area contributed by atoms with Crippen molar-refractivity contribution in [2.45, 2.75) is 38.5 Å². The minimum atomic E-state index is -0.545. The Morgan fingerprint density at radius 3 is 2.64 bits per heavy atom. The molecule has 1 saturated carbocycles. The first-order chi connectivity index (χ1) is 12.0. The first-order valence-corrected chi connectivity index (χ1v) is 8.84. The van der Waals surface area contributed by atoms with E-state index in [1.165, 1.54) is 12.1 Å². The van der Waals surface area contributed by atoms with Gasteiger partial charge in [0.05, 0.1) is 18.3 Å². The molecule has 0 spiro atoms. The molecule has 2 aromatic rings. The SMILES string of the molecule is Cc1cnn([C@H]2C[C@H]3CN(Cc4ccc(F)cc4F)C[C@H]3C[C@@H]2O)c1. The van der Waals surface area contributed by atoms with Crippen LogP contribution in [0.5, 0.6) is 0 Å². The quantitative estimate of drug-likeness (QED) is 0.928. The summed E-state index contributed by atoms with van der Waals surface area (Å²) in [5, 5.41) is 14.9. The average Bonchev–Trinajstić information content (AvgIpc) is 3.14. The molecule has 1 saturated heterocycles. The van der Waals surface area contributed by atoms with Gasteiger partial charge in [0.1, 0.15) is 11.6 Å². The van der Waals surface area contributed by atoms with E-state index in [0.717, 1.165) is 37.6 Å². The van der Waals surface area contributed by atoms with Gasteiger partial charge < -0.3 is 5.11 Å². The van der Waals surface area contributed by atoms with Gasteiger partial charge in [0.15, 0.2) is 0 Å². The van der Waals surface area contributed by atoms with Crippen molar-refractivity contribution in [1.82, 2.24) is 14.7 Å². The smallest absolute Gasteiger partial charge is 0.130 e. The van der Waals surface area contributed by atoms with Gasteiger partial charge in [0.2, 0.25) is 0 Å². The summed E-state index contributed by atoms with van der Waals surface area (Å²) in [7, 11) is 0. The summed E-state index contributed by atoms with van der Waals surface area (Å²) in [5.41, 5.74) is 1.62. The van der Waals surface area contributed by atoms with Crippen molar-refractivity contribution in [2.24, 2.45) is 11.8 Å². The van der Waals surface area contributed by atoms with Crippen LogP contribution in [0.25, 0.3) is 0 Å². The number of aliphatic hydroxyl groups excluding tert-OH is 1. The van der Waals surface area contributed by atoms with Gasteiger partial charge in [-0.05, 0) is 43.2 Å². The molecule has 1 aliphatic carbocycles. The molecule has 0 radical (unpaired) electrons. The fourth-order valence-electron chi connectivity index (χ4n) is 4.42. The lowest BCUT2D eigenvalue weighted by atomic mass is 9.77. The summed E-state index contributed by atoms with van der Waals surface area (Å²) in [4.78, 5) is 2.22. The molecule has 2 fully saturated rings. The molecule has 6 heteroatoms. The monoisotopic (exact) mass is 347 g/mol. The molecule has 0 amide bonds. The number of hydrogen-bond donors (Lipinski definition) is 1. The van der Waals surface area contributed by atoms with Crippen LogP contribution >= 0.6 is 0 Å². The molecular formula is C19H23F2N3O. The molecule has 134 valence electrons. The number of aromatic nitrogens is 2. The van der Waals surface area contributed by atoms with Crippen molar-refractivity contribution in [2.75, 3.05) is 13.1 Å². The van der Waals surface area contributed by atoms with Crippen LogP contribution in [0.4, 0.5) is 8.78 Å². The Balaban J connectivity index is 1.44. The van der Waals surface area contributed by atoms with Crippen LogP contribution in [0.2, 0.25) is 0 Å². The lowest BCUT2D eigenvalue weighted by molar-refractivity contribution is 0.0306. The molecule has 4 rings (SSSR count). The molecular weight excluding hydrogens is 324 g/mol. The predicted molar refractivity (Wildman–Crippen MR) is 89.9 cm³/mol. The predicted octanol–water partition coefficient (Wildman–Crippen LogP) is 2.91. The molecule has 25 heavy (non-hydrogen) atoms.